The lowest BCUT2D eigenvalue weighted by molar-refractivity contribution is -0.136. The zero-order valence-corrected chi connectivity index (χ0v) is 15.9. The summed E-state index contributed by atoms with van der Waals surface area (Å²) < 4.78 is 11.2. The van der Waals surface area contributed by atoms with Crippen LogP contribution >= 0.6 is 15.9 Å². The summed E-state index contributed by atoms with van der Waals surface area (Å²) in [6.45, 7) is 1.49. The van der Waals surface area contributed by atoms with Gasteiger partial charge in [-0.05, 0) is 54.0 Å². The molecule has 0 N–H and O–H groups in total. The Labute approximate surface area is 156 Å². The van der Waals surface area contributed by atoms with Gasteiger partial charge in [0.1, 0.15) is 5.75 Å². The van der Waals surface area contributed by atoms with Crippen molar-refractivity contribution >= 4 is 33.7 Å². The summed E-state index contributed by atoms with van der Waals surface area (Å²) in [5, 5.41) is 0. The van der Waals surface area contributed by atoms with Crippen LogP contribution in [0.1, 0.15) is 17.5 Å². The number of fused-ring (bicyclic) bond motifs is 1. The van der Waals surface area contributed by atoms with Gasteiger partial charge in [-0.3, -0.25) is 0 Å². The van der Waals surface area contributed by atoms with Gasteiger partial charge in [-0.25, -0.2) is 4.79 Å². The third-order valence-electron chi connectivity index (χ3n) is 4.27. The lowest BCUT2D eigenvalue weighted by Crippen LogP contribution is -2.24. The summed E-state index contributed by atoms with van der Waals surface area (Å²) in [7, 11) is 3.09. The highest BCUT2D eigenvalue weighted by Gasteiger charge is 2.20. The summed E-state index contributed by atoms with van der Waals surface area (Å²) in [5.74, 6) is 0.575. The molecule has 0 amide bonds. The quantitative estimate of drug-likeness (QED) is 0.710. The second-order valence-electron chi connectivity index (χ2n) is 5.89. The Hall–Kier alpha value is -2.27. The number of carbonyl (C=O) groups is 1. The first-order chi connectivity index (χ1) is 12.1. The number of hydrogen-bond acceptors (Lipinski definition) is 4. The highest BCUT2D eigenvalue weighted by Crippen LogP contribution is 2.32. The molecule has 0 saturated heterocycles. The molecule has 1 aliphatic heterocycles. The molecule has 5 heteroatoms. The smallest absolute Gasteiger partial charge is 0.333 e. The molecule has 0 atom stereocenters. The minimum atomic E-state index is -0.269. The van der Waals surface area contributed by atoms with Gasteiger partial charge in [0, 0.05) is 28.8 Å². The maximum Gasteiger partial charge on any atom is 0.333 e. The van der Waals surface area contributed by atoms with Crippen LogP contribution in [0.15, 0.2) is 52.5 Å². The second kappa shape index (κ2) is 7.74. The van der Waals surface area contributed by atoms with E-state index in [2.05, 4.69) is 33.0 Å². The summed E-state index contributed by atoms with van der Waals surface area (Å²) >= 11 is 3.52. The number of rotatable bonds is 4. The molecule has 3 rings (SSSR count). The maximum absolute atomic E-state index is 12.0. The van der Waals surface area contributed by atoms with Gasteiger partial charge in [-0.15, -0.1) is 0 Å². The number of anilines is 1. The van der Waals surface area contributed by atoms with Gasteiger partial charge in [-0.1, -0.05) is 28.1 Å². The van der Waals surface area contributed by atoms with Crippen molar-refractivity contribution in [3.05, 3.63) is 63.6 Å². The molecule has 0 radical (unpaired) electrons. The Bertz CT molecular complexity index is 816. The van der Waals surface area contributed by atoms with E-state index in [4.69, 9.17) is 9.47 Å². The molecule has 130 valence electrons. The van der Waals surface area contributed by atoms with Gasteiger partial charge in [0.2, 0.25) is 0 Å². The molecule has 0 fully saturated rings. The fraction of sp³-hybridized carbons (Fsp3) is 0.250. The third kappa shape index (κ3) is 4.04. The van der Waals surface area contributed by atoms with E-state index in [9.17, 15) is 4.79 Å². The predicted octanol–water partition coefficient (Wildman–Crippen LogP) is 4.42. The average Bonchev–Trinajstić information content (AvgIpc) is 2.80. The number of carbonyl (C=O) groups excluding carboxylic acids is 1. The van der Waals surface area contributed by atoms with Gasteiger partial charge in [0.15, 0.2) is 0 Å². The summed E-state index contributed by atoms with van der Waals surface area (Å²) in [5.41, 5.74) is 3.96. The molecular weight excluding hydrogens is 382 g/mol. The number of methoxy groups -OCH3 is 2. The molecule has 0 spiro atoms. The minimum Gasteiger partial charge on any atom is -0.497 e. The van der Waals surface area contributed by atoms with E-state index >= 15 is 0 Å². The third-order valence-corrected chi connectivity index (χ3v) is 4.76. The first-order valence-corrected chi connectivity index (χ1v) is 8.86. The van der Waals surface area contributed by atoms with Gasteiger partial charge in [0.25, 0.3) is 0 Å². The Morgan fingerprint density at radius 3 is 2.80 bits per heavy atom. The second-order valence-corrected chi connectivity index (χ2v) is 6.80. The van der Waals surface area contributed by atoms with E-state index in [1.807, 2.05) is 36.4 Å². The molecule has 0 unspecified atom stereocenters. The summed E-state index contributed by atoms with van der Waals surface area (Å²) in [6.07, 6.45) is 2.57. The number of benzene rings is 2. The Morgan fingerprint density at radius 2 is 2.04 bits per heavy atom. The molecule has 0 saturated carbocycles. The van der Waals surface area contributed by atoms with Crippen LogP contribution in [-0.2, 0) is 16.1 Å². The first-order valence-electron chi connectivity index (χ1n) is 8.07. The molecule has 25 heavy (non-hydrogen) atoms. The Kier molecular flexibility index (Phi) is 5.43. The van der Waals surface area contributed by atoms with Crippen molar-refractivity contribution in [1.29, 1.82) is 0 Å². The van der Waals surface area contributed by atoms with Crippen LogP contribution in [0.5, 0.6) is 5.75 Å². The van der Waals surface area contributed by atoms with Crippen molar-refractivity contribution < 1.29 is 14.3 Å². The number of esters is 1. The normalized spacial score (nSPS) is 13.6. The summed E-state index contributed by atoms with van der Waals surface area (Å²) in [6, 6.07) is 14.2. The zero-order chi connectivity index (χ0) is 17.8. The van der Waals surface area contributed by atoms with Crippen LogP contribution in [0.25, 0.3) is 6.08 Å². The molecule has 0 aromatic heterocycles. The number of nitrogens with zero attached hydrogens (tertiary/aromatic N) is 1. The fourth-order valence-electron chi connectivity index (χ4n) is 3.01. The van der Waals surface area contributed by atoms with Crippen molar-refractivity contribution in [2.24, 2.45) is 0 Å². The van der Waals surface area contributed by atoms with Crippen LogP contribution in [0.3, 0.4) is 0 Å². The lowest BCUT2D eigenvalue weighted by Gasteiger charge is -2.25. The molecule has 1 heterocycles. The van der Waals surface area contributed by atoms with E-state index in [0.717, 1.165) is 40.1 Å². The highest BCUT2D eigenvalue weighted by molar-refractivity contribution is 9.10. The topological polar surface area (TPSA) is 38.8 Å². The molecule has 2 aromatic rings. The van der Waals surface area contributed by atoms with Crippen molar-refractivity contribution in [3.8, 4) is 5.75 Å². The monoisotopic (exact) mass is 401 g/mol. The molecule has 0 aliphatic carbocycles. The largest absolute Gasteiger partial charge is 0.497 e. The van der Waals surface area contributed by atoms with Gasteiger partial charge >= 0.3 is 5.97 Å². The predicted molar refractivity (Wildman–Crippen MR) is 103 cm³/mol. The molecule has 1 aliphatic rings. The van der Waals surface area contributed by atoms with E-state index in [1.54, 1.807) is 7.11 Å². The van der Waals surface area contributed by atoms with E-state index in [0.29, 0.717) is 12.0 Å². The van der Waals surface area contributed by atoms with Crippen molar-refractivity contribution in [1.82, 2.24) is 0 Å². The van der Waals surface area contributed by atoms with Crippen LogP contribution in [0.2, 0.25) is 0 Å². The highest BCUT2D eigenvalue weighted by atomic mass is 79.9. The SMILES string of the molecule is COC(=O)C1=Cc2cc(Br)ccc2N(Cc2cccc(OC)c2)CC1. The zero-order valence-electron chi connectivity index (χ0n) is 14.3. The minimum absolute atomic E-state index is 0.269. The Balaban J connectivity index is 1.94. The summed E-state index contributed by atoms with van der Waals surface area (Å²) in [4.78, 5) is 14.3. The van der Waals surface area contributed by atoms with Gasteiger partial charge < -0.3 is 14.4 Å². The molecule has 2 aromatic carbocycles. The maximum atomic E-state index is 12.0. The number of halogens is 1. The molecule has 0 bridgehead atoms. The van der Waals surface area contributed by atoms with Crippen molar-refractivity contribution in [2.45, 2.75) is 13.0 Å². The molecule has 4 nitrogen and oxygen atoms in total. The van der Waals surface area contributed by atoms with E-state index in [1.165, 1.54) is 7.11 Å². The van der Waals surface area contributed by atoms with Crippen LogP contribution in [-0.4, -0.2) is 26.7 Å². The van der Waals surface area contributed by atoms with Crippen LogP contribution < -0.4 is 9.64 Å². The Morgan fingerprint density at radius 1 is 1.20 bits per heavy atom. The van der Waals surface area contributed by atoms with Gasteiger partial charge in [-0.2, -0.15) is 0 Å². The first kappa shape index (κ1) is 17.5. The van der Waals surface area contributed by atoms with Crippen LogP contribution in [0.4, 0.5) is 5.69 Å². The van der Waals surface area contributed by atoms with E-state index < -0.39 is 0 Å². The average molecular weight is 402 g/mol. The van der Waals surface area contributed by atoms with Crippen molar-refractivity contribution in [2.75, 3.05) is 25.7 Å². The van der Waals surface area contributed by atoms with E-state index in [-0.39, 0.29) is 5.97 Å². The fourth-order valence-corrected chi connectivity index (χ4v) is 3.39. The van der Waals surface area contributed by atoms with Crippen LogP contribution in [0, 0.1) is 0 Å². The standard InChI is InChI=1S/C20H20BrNO3/c1-24-18-5-3-4-14(10-18)13-22-9-8-15(20(23)25-2)11-16-12-17(21)6-7-19(16)22/h3-7,10-12H,8-9,13H2,1-2H3. The van der Waals surface area contributed by atoms with Gasteiger partial charge in [0.05, 0.1) is 14.2 Å². The van der Waals surface area contributed by atoms with Crippen molar-refractivity contribution in [3.63, 3.8) is 0 Å². The number of hydrogen-bond donors (Lipinski definition) is 0. The molecular formula is C20H20BrNO3. The lowest BCUT2D eigenvalue weighted by atomic mass is 10.1. The number of ether oxygens (including phenoxy) is 2.